The molecule has 1 aliphatic rings. The first-order valence-corrected chi connectivity index (χ1v) is 8.96. The minimum atomic E-state index is 0. The van der Waals surface area contributed by atoms with Crippen LogP contribution in [0.2, 0.25) is 0 Å². The van der Waals surface area contributed by atoms with Crippen LogP contribution in [-0.4, -0.2) is 38.3 Å². The first-order valence-electron chi connectivity index (χ1n) is 8.96. The monoisotopic (exact) mass is 453 g/mol. The van der Waals surface area contributed by atoms with Gasteiger partial charge in [-0.1, -0.05) is 42.5 Å². The second-order valence-electron chi connectivity index (χ2n) is 6.21. The molecule has 1 unspecified atom stereocenters. The zero-order valence-electron chi connectivity index (χ0n) is 14.8. The Morgan fingerprint density at radius 1 is 1.16 bits per heavy atom. The van der Waals surface area contributed by atoms with Crippen molar-refractivity contribution in [2.45, 2.75) is 32.3 Å². The van der Waals surface area contributed by atoms with Crippen LogP contribution in [0.5, 0.6) is 0 Å². The van der Waals surface area contributed by atoms with Crippen LogP contribution in [0, 0.1) is 0 Å². The molecule has 136 valence electrons. The first-order chi connectivity index (χ1) is 11.8. The van der Waals surface area contributed by atoms with Gasteiger partial charge in [0.2, 0.25) is 0 Å². The maximum atomic E-state index is 5.63. The molecule has 4 nitrogen and oxygen atoms in total. The van der Waals surface area contributed by atoms with Crippen molar-refractivity contribution in [2.24, 2.45) is 4.99 Å². The Morgan fingerprint density at radius 3 is 2.76 bits per heavy atom. The van der Waals surface area contributed by atoms with Crippen molar-refractivity contribution in [3.63, 3.8) is 0 Å². The minimum Gasteiger partial charge on any atom is -0.376 e. The summed E-state index contributed by atoms with van der Waals surface area (Å²) in [6, 6.07) is 15.2. The van der Waals surface area contributed by atoms with E-state index < -0.39 is 0 Å². The van der Waals surface area contributed by atoms with Crippen molar-refractivity contribution in [1.82, 2.24) is 10.6 Å². The molecule has 0 bridgehead atoms. The van der Waals surface area contributed by atoms with Crippen LogP contribution in [0.4, 0.5) is 0 Å². The number of benzene rings is 2. The van der Waals surface area contributed by atoms with Crippen LogP contribution in [0.3, 0.4) is 0 Å². The van der Waals surface area contributed by atoms with Crippen molar-refractivity contribution in [3.05, 3.63) is 48.0 Å². The van der Waals surface area contributed by atoms with Gasteiger partial charge in [-0.25, -0.2) is 0 Å². The SMILES string of the molecule is CCNC(=NCC1CCCO1)NCCc1ccc2ccccc2c1.I. The van der Waals surface area contributed by atoms with Crippen molar-refractivity contribution in [3.8, 4) is 0 Å². The Kier molecular flexibility index (Phi) is 8.48. The van der Waals surface area contributed by atoms with Gasteiger partial charge in [-0.3, -0.25) is 4.99 Å². The zero-order chi connectivity index (χ0) is 16.6. The Balaban J connectivity index is 0.00000225. The highest BCUT2D eigenvalue weighted by Gasteiger charge is 2.14. The molecule has 2 N–H and O–H groups in total. The van der Waals surface area contributed by atoms with Crippen LogP contribution >= 0.6 is 24.0 Å². The van der Waals surface area contributed by atoms with Crippen molar-refractivity contribution in [1.29, 1.82) is 0 Å². The van der Waals surface area contributed by atoms with Gasteiger partial charge in [-0.15, -0.1) is 24.0 Å². The molecule has 5 heteroatoms. The largest absolute Gasteiger partial charge is 0.376 e. The average molecular weight is 453 g/mol. The highest BCUT2D eigenvalue weighted by molar-refractivity contribution is 14.0. The van der Waals surface area contributed by atoms with Crippen LogP contribution < -0.4 is 10.6 Å². The van der Waals surface area contributed by atoms with E-state index in [4.69, 9.17) is 4.74 Å². The molecule has 3 rings (SSSR count). The number of ether oxygens (including phenoxy) is 1. The number of aliphatic imine (C=N–C) groups is 1. The topological polar surface area (TPSA) is 45.7 Å². The van der Waals surface area contributed by atoms with Gasteiger partial charge in [0.25, 0.3) is 0 Å². The Hall–Kier alpha value is -1.34. The van der Waals surface area contributed by atoms with Crippen molar-refractivity contribution in [2.75, 3.05) is 26.2 Å². The molecule has 0 saturated carbocycles. The van der Waals surface area contributed by atoms with E-state index in [1.807, 2.05) is 0 Å². The quantitative estimate of drug-likeness (QED) is 0.398. The summed E-state index contributed by atoms with van der Waals surface area (Å²) in [4.78, 5) is 4.65. The lowest BCUT2D eigenvalue weighted by Crippen LogP contribution is -2.38. The smallest absolute Gasteiger partial charge is 0.191 e. The molecule has 1 aliphatic heterocycles. The first kappa shape index (κ1) is 20.0. The van der Waals surface area contributed by atoms with E-state index in [0.29, 0.717) is 6.10 Å². The van der Waals surface area contributed by atoms with E-state index in [1.165, 1.54) is 16.3 Å². The number of halogens is 1. The molecule has 0 aliphatic carbocycles. The van der Waals surface area contributed by atoms with E-state index in [2.05, 4.69) is 65.0 Å². The summed E-state index contributed by atoms with van der Waals surface area (Å²) < 4.78 is 5.63. The Morgan fingerprint density at radius 2 is 2.00 bits per heavy atom. The number of fused-ring (bicyclic) bond motifs is 1. The van der Waals surface area contributed by atoms with Gasteiger partial charge in [0.1, 0.15) is 0 Å². The molecule has 1 fully saturated rings. The van der Waals surface area contributed by atoms with Crippen LogP contribution in [0.15, 0.2) is 47.5 Å². The lowest BCUT2D eigenvalue weighted by molar-refractivity contribution is 0.117. The predicted octanol–water partition coefficient (Wildman–Crippen LogP) is 3.73. The Labute approximate surface area is 167 Å². The maximum Gasteiger partial charge on any atom is 0.191 e. The fraction of sp³-hybridized carbons (Fsp3) is 0.450. The summed E-state index contributed by atoms with van der Waals surface area (Å²) >= 11 is 0. The number of rotatable bonds is 6. The number of nitrogens with one attached hydrogen (secondary N) is 2. The lowest BCUT2D eigenvalue weighted by atomic mass is 10.1. The highest BCUT2D eigenvalue weighted by atomic mass is 127. The number of nitrogens with zero attached hydrogens (tertiary/aromatic N) is 1. The van der Waals surface area contributed by atoms with E-state index in [1.54, 1.807) is 0 Å². The summed E-state index contributed by atoms with van der Waals surface area (Å²) in [6.07, 6.45) is 3.56. The molecule has 0 amide bonds. The summed E-state index contributed by atoms with van der Waals surface area (Å²) in [5, 5.41) is 9.32. The van der Waals surface area contributed by atoms with Gasteiger partial charge in [-0.05, 0) is 42.5 Å². The van der Waals surface area contributed by atoms with E-state index in [-0.39, 0.29) is 24.0 Å². The van der Waals surface area contributed by atoms with Gasteiger partial charge in [0, 0.05) is 19.7 Å². The van der Waals surface area contributed by atoms with Crippen LogP contribution in [-0.2, 0) is 11.2 Å². The molecule has 2 aromatic carbocycles. The molecular formula is C20H28IN3O. The van der Waals surface area contributed by atoms with Crippen molar-refractivity contribution < 1.29 is 4.74 Å². The summed E-state index contributed by atoms with van der Waals surface area (Å²) in [5.74, 6) is 0.883. The third-order valence-corrected chi connectivity index (χ3v) is 4.34. The number of hydrogen-bond acceptors (Lipinski definition) is 2. The highest BCUT2D eigenvalue weighted by Crippen LogP contribution is 2.15. The second-order valence-corrected chi connectivity index (χ2v) is 6.21. The van der Waals surface area contributed by atoms with Crippen LogP contribution in [0.25, 0.3) is 10.8 Å². The van der Waals surface area contributed by atoms with Crippen molar-refractivity contribution >= 4 is 40.7 Å². The molecule has 1 atom stereocenters. The molecule has 0 aromatic heterocycles. The summed E-state index contributed by atoms with van der Waals surface area (Å²) in [5.41, 5.74) is 1.34. The predicted molar refractivity (Wildman–Crippen MR) is 116 cm³/mol. The second kappa shape index (κ2) is 10.6. The van der Waals surface area contributed by atoms with Gasteiger partial charge in [0.15, 0.2) is 5.96 Å². The maximum absolute atomic E-state index is 5.63. The average Bonchev–Trinajstić information content (AvgIpc) is 3.13. The Bertz CT molecular complexity index is 683. The standard InChI is InChI=1S/C20H27N3O.HI/c1-2-21-20(23-15-19-8-5-13-24-19)22-12-11-16-9-10-17-6-3-4-7-18(17)14-16;/h3-4,6-7,9-10,14,19H,2,5,8,11-13,15H2,1H3,(H2,21,22,23);1H. The molecule has 1 heterocycles. The summed E-state index contributed by atoms with van der Waals surface area (Å²) in [7, 11) is 0. The number of hydrogen-bond donors (Lipinski definition) is 2. The third kappa shape index (κ3) is 6.15. The third-order valence-electron chi connectivity index (χ3n) is 4.34. The van der Waals surface area contributed by atoms with E-state index in [9.17, 15) is 0 Å². The van der Waals surface area contributed by atoms with Gasteiger partial charge in [-0.2, -0.15) is 0 Å². The van der Waals surface area contributed by atoms with Gasteiger partial charge >= 0.3 is 0 Å². The van der Waals surface area contributed by atoms with Crippen LogP contribution in [0.1, 0.15) is 25.3 Å². The van der Waals surface area contributed by atoms with Gasteiger partial charge in [0.05, 0.1) is 12.6 Å². The zero-order valence-corrected chi connectivity index (χ0v) is 17.2. The fourth-order valence-corrected chi connectivity index (χ4v) is 3.04. The molecular weight excluding hydrogens is 425 g/mol. The molecule has 2 aromatic rings. The van der Waals surface area contributed by atoms with Gasteiger partial charge < -0.3 is 15.4 Å². The summed E-state index contributed by atoms with van der Waals surface area (Å²) in [6.45, 7) is 5.45. The fourth-order valence-electron chi connectivity index (χ4n) is 3.04. The number of guanidine groups is 1. The van der Waals surface area contributed by atoms with E-state index in [0.717, 1.165) is 51.5 Å². The lowest BCUT2D eigenvalue weighted by Gasteiger charge is -2.13. The molecule has 0 spiro atoms. The molecule has 1 saturated heterocycles. The molecule has 0 radical (unpaired) electrons. The molecule has 25 heavy (non-hydrogen) atoms. The normalized spacial score (nSPS) is 17.3. The minimum absolute atomic E-state index is 0. The van der Waals surface area contributed by atoms with E-state index >= 15 is 0 Å².